The van der Waals surface area contributed by atoms with Gasteiger partial charge < -0.3 is 14.9 Å². The molecule has 1 radical (unpaired) electrons. The van der Waals surface area contributed by atoms with E-state index in [1.165, 1.54) is 0 Å². The van der Waals surface area contributed by atoms with Gasteiger partial charge in [0.25, 0.3) is 0 Å². The van der Waals surface area contributed by atoms with Crippen molar-refractivity contribution in [3.63, 3.8) is 0 Å². The molecule has 0 bridgehead atoms. The van der Waals surface area contributed by atoms with Crippen LogP contribution in [-0.2, 0) is 0 Å². The largest absolute Gasteiger partial charge is 0.477 e. The lowest BCUT2D eigenvalue weighted by atomic mass is 10.2. The molecule has 0 aromatic carbocycles. The number of nitrogens with zero attached hydrogens (tertiary/aromatic N) is 1. The SMILES string of the molecule is Cc1[c]c(C)nc(OCC(CO)CO)c1. The zero-order valence-electron chi connectivity index (χ0n) is 9.03. The van der Waals surface area contributed by atoms with Gasteiger partial charge in [0.05, 0.1) is 19.8 Å². The molecular weight excluding hydrogens is 194 g/mol. The fourth-order valence-electron chi connectivity index (χ4n) is 1.17. The molecular formula is C11H16NO3. The molecule has 0 saturated carbocycles. The zero-order valence-corrected chi connectivity index (χ0v) is 9.03. The minimum absolute atomic E-state index is 0.0899. The van der Waals surface area contributed by atoms with Crippen molar-refractivity contribution in [2.45, 2.75) is 13.8 Å². The fraction of sp³-hybridized carbons (Fsp3) is 0.545. The van der Waals surface area contributed by atoms with Crippen LogP contribution in [-0.4, -0.2) is 35.0 Å². The number of hydrogen-bond donors (Lipinski definition) is 2. The van der Waals surface area contributed by atoms with Gasteiger partial charge in [-0.05, 0) is 19.4 Å². The third-order valence-electron chi connectivity index (χ3n) is 1.98. The summed E-state index contributed by atoms with van der Waals surface area (Å²) in [4.78, 5) is 4.13. The van der Waals surface area contributed by atoms with Crippen molar-refractivity contribution in [1.82, 2.24) is 4.98 Å². The van der Waals surface area contributed by atoms with Gasteiger partial charge in [-0.1, -0.05) is 0 Å². The first-order valence-electron chi connectivity index (χ1n) is 4.87. The molecule has 1 aromatic heterocycles. The Labute approximate surface area is 89.5 Å². The van der Waals surface area contributed by atoms with Crippen molar-refractivity contribution in [3.8, 4) is 5.88 Å². The van der Waals surface area contributed by atoms with Crippen LogP contribution in [0.1, 0.15) is 11.3 Å². The zero-order chi connectivity index (χ0) is 11.3. The Morgan fingerprint density at radius 1 is 1.40 bits per heavy atom. The molecule has 1 aromatic rings. The molecule has 0 aliphatic carbocycles. The molecule has 0 spiro atoms. The van der Waals surface area contributed by atoms with Crippen LogP contribution < -0.4 is 4.74 Å². The molecule has 0 saturated heterocycles. The molecule has 0 aliphatic heterocycles. The summed E-state index contributed by atoms with van der Waals surface area (Å²) in [6.07, 6.45) is 0. The van der Waals surface area contributed by atoms with E-state index in [1.54, 1.807) is 6.07 Å². The van der Waals surface area contributed by atoms with Crippen LogP contribution in [0.25, 0.3) is 0 Å². The average Bonchev–Trinajstić information content (AvgIpc) is 2.18. The minimum atomic E-state index is -0.253. The number of aliphatic hydroxyl groups is 2. The van der Waals surface area contributed by atoms with E-state index in [1.807, 2.05) is 13.8 Å². The molecule has 0 atom stereocenters. The number of hydrogen-bond acceptors (Lipinski definition) is 4. The molecule has 0 aliphatic rings. The summed E-state index contributed by atoms with van der Waals surface area (Å²) in [5, 5.41) is 17.7. The highest BCUT2D eigenvalue weighted by Gasteiger charge is 2.07. The average molecular weight is 210 g/mol. The Kier molecular flexibility index (Phi) is 4.52. The molecule has 0 unspecified atom stereocenters. The first-order chi connectivity index (χ1) is 7.15. The van der Waals surface area contributed by atoms with Gasteiger partial charge in [0.15, 0.2) is 0 Å². The van der Waals surface area contributed by atoms with Crippen LogP contribution in [0, 0.1) is 25.8 Å². The molecule has 2 N–H and O–H groups in total. The summed E-state index contributed by atoms with van der Waals surface area (Å²) in [6.45, 7) is 3.84. The summed E-state index contributed by atoms with van der Waals surface area (Å²) in [5.41, 5.74) is 1.73. The van der Waals surface area contributed by atoms with Crippen molar-refractivity contribution >= 4 is 0 Å². The van der Waals surface area contributed by atoms with Crippen molar-refractivity contribution in [2.24, 2.45) is 5.92 Å². The number of aromatic nitrogens is 1. The normalized spacial score (nSPS) is 10.7. The van der Waals surface area contributed by atoms with Gasteiger partial charge in [0.1, 0.15) is 0 Å². The van der Waals surface area contributed by atoms with E-state index >= 15 is 0 Å². The predicted molar refractivity (Wildman–Crippen MR) is 55.7 cm³/mol. The molecule has 0 amide bonds. The highest BCUT2D eigenvalue weighted by Crippen LogP contribution is 2.11. The van der Waals surface area contributed by atoms with Gasteiger partial charge in [-0.25, -0.2) is 4.98 Å². The van der Waals surface area contributed by atoms with Crippen molar-refractivity contribution < 1.29 is 14.9 Å². The first-order valence-corrected chi connectivity index (χ1v) is 4.87. The lowest BCUT2D eigenvalue weighted by Gasteiger charge is -2.12. The number of aliphatic hydroxyl groups excluding tert-OH is 2. The maximum absolute atomic E-state index is 8.85. The van der Waals surface area contributed by atoms with Crippen molar-refractivity contribution in [3.05, 3.63) is 23.4 Å². The summed E-state index contributed by atoms with van der Waals surface area (Å²) in [7, 11) is 0. The lowest BCUT2D eigenvalue weighted by molar-refractivity contribution is 0.104. The van der Waals surface area contributed by atoms with Crippen LogP contribution in [0.2, 0.25) is 0 Å². The Morgan fingerprint density at radius 2 is 2.07 bits per heavy atom. The molecule has 4 heteroatoms. The second kappa shape index (κ2) is 5.68. The standard InChI is InChI=1S/C11H16NO3/c1-8-3-9(2)12-11(4-8)15-7-10(5-13)6-14/h4,10,13-14H,5-7H2,1-2H3. The molecule has 1 rings (SSSR count). The van der Waals surface area contributed by atoms with E-state index < -0.39 is 0 Å². The number of pyridine rings is 1. The predicted octanol–water partition coefficient (Wildman–Crippen LogP) is 0.478. The Morgan fingerprint density at radius 3 is 2.60 bits per heavy atom. The minimum Gasteiger partial charge on any atom is -0.477 e. The highest BCUT2D eigenvalue weighted by molar-refractivity contribution is 5.21. The Bertz CT molecular complexity index is 290. The van der Waals surface area contributed by atoms with Gasteiger partial charge in [0.2, 0.25) is 5.88 Å². The summed E-state index contributed by atoms with van der Waals surface area (Å²) in [5.74, 6) is 0.257. The Balaban J connectivity index is 2.57. The smallest absolute Gasteiger partial charge is 0.213 e. The topological polar surface area (TPSA) is 62.6 Å². The monoisotopic (exact) mass is 210 g/mol. The lowest BCUT2D eigenvalue weighted by Crippen LogP contribution is -2.20. The van der Waals surface area contributed by atoms with E-state index in [0.29, 0.717) is 5.88 Å². The van der Waals surface area contributed by atoms with E-state index in [4.69, 9.17) is 14.9 Å². The van der Waals surface area contributed by atoms with Gasteiger partial charge >= 0.3 is 0 Å². The second-order valence-electron chi connectivity index (χ2n) is 3.53. The van der Waals surface area contributed by atoms with Crippen LogP contribution in [0.3, 0.4) is 0 Å². The van der Waals surface area contributed by atoms with Crippen molar-refractivity contribution in [2.75, 3.05) is 19.8 Å². The number of ether oxygens (including phenoxy) is 1. The van der Waals surface area contributed by atoms with Gasteiger partial charge in [-0.15, -0.1) is 0 Å². The van der Waals surface area contributed by atoms with Crippen molar-refractivity contribution in [1.29, 1.82) is 0 Å². The number of aryl methyl sites for hydroxylation is 2. The quantitative estimate of drug-likeness (QED) is 0.742. The third-order valence-corrected chi connectivity index (χ3v) is 1.98. The van der Waals surface area contributed by atoms with Gasteiger partial charge in [-0.3, -0.25) is 0 Å². The maximum Gasteiger partial charge on any atom is 0.213 e. The molecule has 1 heterocycles. The van der Waals surface area contributed by atoms with Gasteiger partial charge in [-0.2, -0.15) is 0 Å². The maximum atomic E-state index is 8.85. The van der Waals surface area contributed by atoms with Crippen LogP contribution >= 0.6 is 0 Å². The molecule has 0 fully saturated rings. The highest BCUT2D eigenvalue weighted by atomic mass is 16.5. The third kappa shape index (κ3) is 3.85. The van der Waals surface area contributed by atoms with Crippen LogP contribution in [0.5, 0.6) is 5.88 Å². The summed E-state index contributed by atoms with van der Waals surface area (Å²) >= 11 is 0. The molecule has 4 nitrogen and oxygen atoms in total. The summed E-state index contributed by atoms with van der Waals surface area (Å²) in [6, 6.07) is 4.81. The van der Waals surface area contributed by atoms with E-state index in [-0.39, 0.29) is 25.7 Å². The summed E-state index contributed by atoms with van der Waals surface area (Å²) < 4.78 is 5.36. The number of rotatable bonds is 5. The van der Waals surface area contributed by atoms with Crippen LogP contribution in [0.4, 0.5) is 0 Å². The van der Waals surface area contributed by atoms with E-state index in [0.717, 1.165) is 11.3 Å². The second-order valence-corrected chi connectivity index (χ2v) is 3.53. The van der Waals surface area contributed by atoms with Crippen LogP contribution in [0.15, 0.2) is 6.07 Å². The van der Waals surface area contributed by atoms with E-state index in [2.05, 4.69) is 11.1 Å². The van der Waals surface area contributed by atoms with Gasteiger partial charge in [0, 0.05) is 23.7 Å². The molecule has 15 heavy (non-hydrogen) atoms. The fourth-order valence-corrected chi connectivity index (χ4v) is 1.17. The van der Waals surface area contributed by atoms with E-state index in [9.17, 15) is 0 Å². The molecule has 83 valence electrons. The Hall–Kier alpha value is -1.13. The first kappa shape index (κ1) is 11.9.